The number of anilines is 1. The number of halogens is 2. The monoisotopic (exact) mass is 278 g/mol. The second-order valence-corrected chi connectivity index (χ2v) is 5.91. The van der Waals surface area contributed by atoms with E-state index in [4.69, 9.17) is 5.73 Å². The molecule has 0 aliphatic carbocycles. The molecule has 7 heteroatoms. The van der Waals surface area contributed by atoms with E-state index in [1.165, 1.54) is 29.2 Å². The van der Waals surface area contributed by atoms with E-state index in [1.54, 1.807) is 0 Å². The normalized spacial score (nSPS) is 11.8. The van der Waals surface area contributed by atoms with Crippen molar-refractivity contribution in [2.75, 3.05) is 30.8 Å². The molecule has 0 amide bonds. The van der Waals surface area contributed by atoms with Crippen LogP contribution in [0.25, 0.3) is 0 Å². The summed E-state index contributed by atoms with van der Waals surface area (Å²) in [7, 11) is -3.27. The van der Waals surface area contributed by atoms with Crippen molar-refractivity contribution in [3.63, 3.8) is 0 Å². The van der Waals surface area contributed by atoms with Gasteiger partial charge in [0.2, 0.25) is 0 Å². The molecular weight excluding hydrogens is 262 g/mol. The van der Waals surface area contributed by atoms with Crippen LogP contribution in [0.2, 0.25) is 0 Å². The molecule has 0 aromatic heterocycles. The molecule has 0 aliphatic heterocycles. The third-order valence-corrected chi connectivity index (χ3v) is 3.52. The van der Waals surface area contributed by atoms with E-state index in [-0.39, 0.29) is 11.4 Å². The Morgan fingerprint density at radius 2 is 1.83 bits per heavy atom. The molecule has 0 atom stereocenters. The molecule has 0 saturated heterocycles. The molecule has 0 radical (unpaired) electrons. The quantitative estimate of drug-likeness (QED) is 0.847. The molecule has 0 spiro atoms. The Hall–Kier alpha value is -1.21. The number of benzene rings is 1. The second-order valence-electron chi connectivity index (χ2n) is 3.89. The molecule has 0 heterocycles. The van der Waals surface area contributed by atoms with Crippen LogP contribution in [-0.2, 0) is 9.84 Å². The number of hydrogen-bond donors (Lipinski definition) is 1. The summed E-state index contributed by atoms with van der Waals surface area (Å²) in [5, 5.41) is 0. The fraction of sp³-hybridized carbons (Fsp3) is 0.455. The van der Waals surface area contributed by atoms with E-state index in [9.17, 15) is 17.2 Å². The van der Waals surface area contributed by atoms with Crippen LogP contribution in [0, 0.1) is 0 Å². The summed E-state index contributed by atoms with van der Waals surface area (Å²) in [6.45, 7) is 0.124. The number of hydrogen-bond acceptors (Lipinski definition) is 4. The van der Waals surface area contributed by atoms with Crippen LogP contribution in [-0.4, -0.2) is 40.7 Å². The van der Waals surface area contributed by atoms with Gasteiger partial charge in [-0.3, -0.25) is 0 Å². The van der Waals surface area contributed by atoms with Crippen molar-refractivity contribution in [3.8, 4) is 0 Å². The van der Waals surface area contributed by atoms with E-state index in [0.29, 0.717) is 12.2 Å². The standard InChI is InChI=1S/C11H16F2N2O2S/c1-18(16,17)10-4-2-9(3-5-10)15(7-6-14)8-11(12)13/h2-5,11H,6-8,14H2,1H3. The molecule has 1 rings (SSSR count). The summed E-state index contributed by atoms with van der Waals surface area (Å²) in [4.78, 5) is 1.59. The molecule has 0 bridgehead atoms. The first-order valence-electron chi connectivity index (χ1n) is 5.38. The molecule has 18 heavy (non-hydrogen) atoms. The maximum atomic E-state index is 12.4. The van der Waals surface area contributed by atoms with Gasteiger partial charge in [0, 0.05) is 25.0 Å². The average Bonchev–Trinajstić information content (AvgIpc) is 2.27. The molecule has 0 aliphatic rings. The lowest BCUT2D eigenvalue weighted by Crippen LogP contribution is -2.33. The number of sulfone groups is 1. The van der Waals surface area contributed by atoms with Crippen molar-refractivity contribution < 1.29 is 17.2 Å². The third kappa shape index (κ3) is 4.23. The maximum Gasteiger partial charge on any atom is 0.255 e. The van der Waals surface area contributed by atoms with E-state index in [0.717, 1.165) is 6.26 Å². The van der Waals surface area contributed by atoms with Gasteiger partial charge in [-0.05, 0) is 24.3 Å². The molecule has 1 aromatic carbocycles. The second kappa shape index (κ2) is 6.10. The predicted molar refractivity (Wildman–Crippen MR) is 66.8 cm³/mol. The summed E-state index contributed by atoms with van der Waals surface area (Å²) in [5.74, 6) is 0. The fourth-order valence-corrected chi connectivity index (χ4v) is 2.18. The van der Waals surface area contributed by atoms with Gasteiger partial charge in [0.25, 0.3) is 6.43 Å². The third-order valence-electron chi connectivity index (χ3n) is 2.39. The smallest absolute Gasteiger partial charge is 0.255 e. The van der Waals surface area contributed by atoms with Crippen LogP contribution in [0.1, 0.15) is 0 Å². The lowest BCUT2D eigenvalue weighted by Gasteiger charge is -2.23. The van der Waals surface area contributed by atoms with Crippen LogP contribution in [0.15, 0.2) is 29.2 Å². The Labute approximate surface area is 105 Å². The minimum Gasteiger partial charge on any atom is -0.365 e. The van der Waals surface area contributed by atoms with Gasteiger partial charge in [0.15, 0.2) is 9.84 Å². The number of nitrogens with zero attached hydrogens (tertiary/aromatic N) is 1. The Balaban J connectivity index is 2.93. The van der Waals surface area contributed by atoms with Crippen molar-refractivity contribution in [1.82, 2.24) is 0 Å². The highest BCUT2D eigenvalue weighted by Crippen LogP contribution is 2.18. The van der Waals surface area contributed by atoms with Gasteiger partial charge >= 0.3 is 0 Å². The van der Waals surface area contributed by atoms with Crippen LogP contribution in [0.5, 0.6) is 0 Å². The summed E-state index contributed by atoms with van der Waals surface area (Å²) in [6, 6.07) is 5.82. The van der Waals surface area contributed by atoms with Gasteiger partial charge in [-0.1, -0.05) is 0 Å². The highest BCUT2D eigenvalue weighted by atomic mass is 32.2. The van der Waals surface area contributed by atoms with Gasteiger partial charge in [0.1, 0.15) is 0 Å². The molecule has 0 saturated carbocycles. The zero-order valence-corrected chi connectivity index (χ0v) is 10.8. The predicted octanol–water partition coefficient (Wildman–Crippen LogP) is 1.12. The van der Waals surface area contributed by atoms with Crippen molar-refractivity contribution in [2.45, 2.75) is 11.3 Å². The lowest BCUT2D eigenvalue weighted by molar-refractivity contribution is 0.155. The number of alkyl halides is 2. The average molecular weight is 278 g/mol. The van der Waals surface area contributed by atoms with E-state index >= 15 is 0 Å². The Morgan fingerprint density at radius 3 is 2.22 bits per heavy atom. The first-order valence-corrected chi connectivity index (χ1v) is 7.27. The van der Waals surface area contributed by atoms with Crippen molar-refractivity contribution in [2.24, 2.45) is 5.73 Å². The first-order chi connectivity index (χ1) is 8.34. The van der Waals surface area contributed by atoms with Gasteiger partial charge in [0.05, 0.1) is 11.4 Å². The topological polar surface area (TPSA) is 63.4 Å². The van der Waals surface area contributed by atoms with Crippen molar-refractivity contribution in [3.05, 3.63) is 24.3 Å². The van der Waals surface area contributed by atoms with Gasteiger partial charge in [-0.25, -0.2) is 17.2 Å². The largest absolute Gasteiger partial charge is 0.365 e. The molecule has 0 fully saturated rings. The van der Waals surface area contributed by atoms with Crippen LogP contribution in [0.3, 0.4) is 0 Å². The highest BCUT2D eigenvalue weighted by molar-refractivity contribution is 7.90. The Morgan fingerprint density at radius 1 is 1.28 bits per heavy atom. The van der Waals surface area contributed by atoms with Gasteiger partial charge in [-0.15, -0.1) is 0 Å². The first kappa shape index (κ1) is 14.8. The molecule has 0 unspecified atom stereocenters. The summed E-state index contributed by atoms with van der Waals surface area (Å²) in [6.07, 6.45) is -1.37. The van der Waals surface area contributed by atoms with Crippen LogP contribution in [0.4, 0.5) is 14.5 Å². The maximum absolute atomic E-state index is 12.4. The molecule has 102 valence electrons. The van der Waals surface area contributed by atoms with Gasteiger partial charge in [-0.2, -0.15) is 0 Å². The van der Waals surface area contributed by atoms with Crippen molar-refractivity contribution in [1.29, 1.82) is 0 Å². The molecular formula is C11H16F2N2O2S. The summed E-state index contributed by atoms with van der Waals surface area (Å²) >= 11 is 0. The highest BCUT2D eigenvalue weighted by Gasteiger charge is 2.13. The molecule has 4 nitrogen and oxygen atoms in total. The van der Waals surface area contributed by atoms with E-state index in [2.05, 4.69) is 0 Å². The fourth-order valence-electron chi connectivity index (χ4n) is 1.55. The van der Waals surface area contributed by atoms with E-state index < -0.39 is 22.8 Å². The van der Waals surface area contributed by atoms with E-state index in [1.807, 2.05) is 0 Å². The van der Waals surface area contributed by atoms with Crippen molar-refractivity contribution >= 4 is 15.5 Å². The SMILES string of the molecule is CS(=O)(=O)c1ccc(N(CCN)CC(F)F)cc1. The Kier molecular flexibility index (Phi) is 5.03. The summed E-state index contributed by atoms with van der Waals surface area (Å²) < 4.78 is 47.3. The minimum absolute atomic E-state index is 0.163. The summed E-state index contributed by atoms with van der Waals surface area (Å²) in [5.41, 5.74) is 5.89. The Bertz CT molecular complexity index is 474. The van der Waals surface area contributed by atoms with Gasteiger partial charge < -0.3 is 10.6 Å². The minimum atomic E-state index is -3.27. The number of rotatable bonds is 6. The zero-order chi connectivity index (χ0) is 13.8. The van der Waals surface area contributed by atoms with Crippen LogP contribution < -0.4 is 10.6 Å². The van der Waals surface area contributed by atoms with Crippen LogP contribution >= 0.6 is 0 Å². The molecule has 2 N–H and O–H groups in total. The zero-order valence-electron chi connectivity index (χ0n) is 10.0. The molecule has 1 aromatic rings. The lowest BCUT2D eigenvalue weighted by atomic mass is 10.3. The number of nitrogens with two attached hydrogens (primary N) is 1.